The molecule has 1 saturated heterocycles. The highest BCUT2D eigenvalue weighted by atomic mass is 28.4. The molecule has 0 amide bonds. The van der Waals surface area contributed by atoms with Gasteiger partial charge in [-0.25, -0.2) is 0 Å². The van der Waals surface area contributed by atoms with Gasteiger partial charge < -0.3 is 18.6 Å². The summed E-state index contributed by atoms with van der Waals surface area (Å²) in [6.45, 7) is 23.1. The molecule has 0 bridgehead atoms. The minimum Gasteiger partial charge on any atom is -0.413 e. The molecular weight excluding hydrogens is 416 g/mol. The quantitative estimate of drug-likeness (QED) is 0.274. The number of rotatable bonds is 10. The van der Waals surface area contributed by atoms with Crippen LogP contribution in [-0.4, -0.2) is 39.0 Å². The van der Waals surface area contributed by atoms with Gasteiger partial charge in [0.1, 0.15) is 6.10 Å². The molecule has 1 aromatic carbocycles. The maximum absolute atomic E-state index is 6.98. The molecule has 0 spiro atoms. The van der Waals surface area contributed by atoms with Crippen molar-refractivity contribution in [2.24, 2.45) is 5.41 Å². The lowest BCUT2D eigenvalue weighted by atomic mass is 9.82. The van der Waals surface area contributed by atoms with E-state index in [1.165, 1.54) is 0 Å². The van der Waals surface area contributed by atoms with Crippen molar-refractivity contribution in [3.8, 4) is 0 Å². The average molecular weight is 463 g/mol. The van der Waals surface area contributed by atoms with Gasteiger partial charge in [-0.05, 0) is 44.5 Å². The van der Waals surface area contributed by atoms with Gasteiger partial charge in [0.15, 0.2) is 14.1 Å². The predicted molar refractivity (Wildman–Crippen MR) is 135 cm³/mol. The summed E-state index contributed by atoms with van der Waals surface area (Å²) in [5, 5.41) is 0.141. The Hall–Kier alpha value is -0.983. The lowest BCUT2D eigenvalue weighted by molar-refractivity contribution is -0.153. The third kappa shape index (κ3) is 7.52. The van der Waals surface area contributed by atoms with Gasteiger partial charge in [-0.2, -0.15) is 0 Å². The fourth-order valence-electron chi connectivity index (χ4n) is 3.90. The monoisotopic (exact) mass is 462 g/mol. The molecule has 1 aromatic rings. The molecule has 0 aromatic heterocycles. The lowest BCUT2D eigenvalue weighted by Crippen LogP contribution is -2.49. The van der Waals surface area contributed by atoms with Crippen LogP contribution in [0.15, 0.2) is 42.5 Å². The van der Waals surface area contributed by atoms with Gasteiger partial charge in [-0.15, -0.1) is 0 Å². The molecule has 1 heterocycles. The van der Waals surface area contributed by atoms with E-state index in [9.17, 15) is 0 Å². The first kappa shape index (κ1) is 27.3. The van der Waals surface area contributed by atoms with Gasteiger partial charge in [-0.3, -0.25) is 0 Å². The van der Waals surface area contributed by atoms with E-state index >= 15 is 0 Å². The molecule has 182 valence electrons. The van der Waals surface area contributed by atoms with Crippen molar-refractivity contribution in [3.05, 3.63) is 48.0 Å². The predicted octanol–water partition coefficient (Wildman–Crippen LogP) is 7.11. The first-order valence-corrected chi connectivity index (χ1v) is 14.9. The Bertz CT molecular complexity index is 734. The number of ether oxygens (including phenoxy) is 3. The molecule has 0 aliphatic carbocycles. The maximum Gasteiger partial charge on any atom is 0.192 e. The van der Waals surface area contributed by atoms with Crippen molar-refractivity contribution in [1.82, 2.24) is 0 Å². The van der Waals surface area contributed by atoms with Gasteiger partial charge in [0.25, 0.3) is 0 Å². The van der Waals surface area contributed by atoms with Crippen molar-refractivity contribution in [2.45, 2.75) is 111 Å². The molecule has 5 heteroatoms. The topological polar surface area (TPSA) is 36.9 Å². The second-order valence-corrected chi connectivity index (χ2v) is 16.4. The van der Waals surface area contributed by atoms with Gasteiger partial charge in [-0.1, -0.05) is 77.1 Å². The van der Waals surface area contributed by atoms with Crippen molar-refractivity contribution in [3.63, 3.8) is 0 Å². The van der Waals surface area contributed by atoms with E-state index < -0.39 is 14.1 Å². The Morgan fingerprint density at radius 2 is 1.62 bits per heavy atom. The van der Waals surface area contributed by atoms with Crippen LogP contribution < -0.4 is 0 Å². The van der Waals surface area contributed by atoms with E-state index in [1.54, 1.807) is 0 Å². The number of hydrogen-bond donors (Lipinski definition) is 0. The fraction of sp³-hybridized carbons (Fsp3) is 0.704. The third-order valence-electron chi connectivity index (χ3n) is 6.79. The van der Waals surface area contributed by atoms with Gasteiger partial charge in [0.05, 0.1) is 25.4 Å². The van der Waals surface area contributed by atoms with E-state index in [0.717, 1.165) is 12.0 Å². The number of hydrogen-bond acceptors (Lipinski definition) is 4. The molecule has 32 heavy (non-hydrogen) atoms. The van der Waals surface area contributed by atoms with Crippen LogP contribution in [0.25, 0.3) is 0 Å². The summed E-state index contributed by atoms with van der Waals surface area (Å²) in [7, 11) is -1.97. The molecule has 0 saturated carbocycles. The zero-order valence-electron chi connectivity index (χ0n) is 22.0. The summed E-state index contributed by atoms with van der Waals surface area (Å²) in [5.41, 5.74) is 1.05. The largest absolute Gasteiger partial charge is 0.413 e. The third-order valence-corrected chi connectivity index (χ3v) is 11.3. The smallest absolute Gasteiger partial charge is 0.192 e. The average Bonchev–Trinajstić information content (AvgIpc) is 2.94. The SMILES string of the molecule is C/C=C/C(C)(C)[C@@H](C[C@@H]1OC(C)(C)O[C@@H]1COCc1ccccc1)O[Si](C)(C)C(C)(C)C. The minimum absolute atomic E-state index is 0.0266. The Morgan fingerprint density at radius 1 is 1.03 bits per heavy atom. The van der Waals surface area contributed by atoms with Crippen LogP contribution in [0.3, 0.4) is 0 Å². The molecular formula is C27H46O4Si. The Labute approximate surface area is 197 Å². The molecule has 0 radical (unpaired) electrons. The number of allylic oxidation sites excluding steroid dienone is 1. The normalized spacial score (nSPS) is 23.1. The number of benzene rings is 1. The van der Waals surface area contributed by atoms with Crippen LogP contribution in [0.1, 0.15) is 67.4 Å². The fourth-order valence-corrected chi connectivity index (χ4v) is 5.37. The minimum atomic E-state index is -1.97. The molecule has 4 nitrogen and oxygen atoms in total. The van der Waals surface area contributed by atoms with E-state index in [4.69, 9.17) is 18.6 Å². The van der Waals surface area contributed by atoms with Crippen LogP contribution in [0.5, 0.6) is 0 Å². The maximum atomic E-state index is 6.98. The van der Waals surface area contributed by atoms with Crippen LogP contribution in [0, 0.1) is 5.41 Å². The van der Waals surface area contributed by atoms with Crippen LogP contribution in [0.4, 0.5) is 0 Å². The van der Waals surface area contributed by atoms with Crippen molar-refractivity contribution in [1.29, 1.82) is 0 Å². The molecule has 0 N–H and O–H groups in total. The second-order valence-electron chi connectivity index (χ2n) is 11.6. The Balaban J connectivity index is 2.16. The van der Waals surface area contributed by atoms with Crippen molar-refractivity contribution >= 4 is 8.32 Å². The second kappa shape index (κ2) is 10.5. The van der Waals surface area contributed by atoms with Gasteiger partial charge in [0, 0.05) is 11.8 Å². The van der Waals surface area contributed by atoms with Crippen molar-refractivity contribution in [2.75, 3.05) is 6.61 Å². The van der Waals surface area contributed by atoms with Crippen molar-refractivity contribution < 1.29 is 18.6 Å². The summed E-state index contributed by atoms with van der Waals surface area (Å²) >= 11 is 0. The van der Waals surface area contributed by atoms with E-state index in [1.807, 2.05) is 32.0 Å². The standard InChI is InChI=1S/C27H46O4Si/c1-11-17-26(5,6)24(31-32(9,10)25(2,3)4)18-22-23(30-27(7,8)29-22)20-28-19-21-15-13-12-14-16-21/h11-17,22-24H,18-20H2,1-10H3/b17-11+/t22-,23+,24+/m0/s1. The van der Waals surface area contributed by atoms with E-state index in [-0.39, 0.29) is 28.8 Å². The summed E-state index contributed by atoms with van der Waals surface area (Å²) in [5.74, 6) is -0.627. The molecule has 0 unspecified atom stereocenters. The Morgan fingerprint density at radius 3 is 2.19 bits per heavy atom. The van der Waals surface area contributed by atoms with Crippen LogP contribution in [0.2, 0.25) is 18.1 Å². The van der Waals surface area contributed by atoms with Crippen LogP contribution >= 0.6 is 0 Å². The first-order chi connectivity index (χ1) is 14.7. The summed E-state index contributed by atoms with van der Waals surface area (Å²) < 4.78 is 25.7. The van der Waals surface area contributed by atoms with Gasteiger partial charge >= 0.3 is 0 Å². The Kier molecular flexibility index (Phi) is 8.96. The molecule has 3 atom stereocenters. The lowest BCUT2D eigenvalue weighted by Gasteiger charge is -2.44. The zero-order chi connectivity index (χ0) is 24.2. The highest BCUT2D eigenvalue weighted by molar-refractivity contribution is 6.74. The highest BCUT2D eigenvalue weighted by Crippen LogP contribution is 2.42. The molecule has 2 rings (SSSR count). The summed E-state index contributed by atoms with van der Waals surface area (Å²) in [6.07, 6.45) is 4.97. The highest BCUT2D eigenvalue weighted by Gasteiger charge is 2.47. The summed E-state index contributed by atoms with van der Waals surface area (Å²) in [4.78, 5) is 0. The molecule has 1 aliphatic rings. The van der Waals surface area contributed by atoms with E-state index in [0.29, 0.717) is 13.2 Å². The molecule has 1 fully saturated rings. The first-order valence-electron chi connectivity index (χ1n) is 12.0. The van der Waals surface area contributed by atoms with Gasteiger partial charge in [0.2, 0.25) is 0 Å². The van der Waals surface area contributed by atoms with Crippen LogP contribution in [-0.2, 0) is 25.2 Å². The molecule has 1 aliphatic heterocycles. The zero-order valence-corrected chi connectivity index (χ0v) is 23.0. The van der Waals surface area contributed by atoms with E-state index in [2.05, 4.69) is 78.9 Å². The summed E-state index contributed by atoms with van der Waals surface area (Å²) in [6, 6.07) is 10.2.